The molecule has 132 valence electrons. The van der Waals surface area contributed by atoms with Gasteiger partial charge in [-0.15, -0.1) is 0 Å². The lowest BCUT2D eigenvalue weighted by molar-refractivity contribution is 0.0995. The van der Waals surface area contributed by atoms with Crippen molar-refractivity contribution in [2.45, 2.75) is 34.6 Å². The molecule has 1 aromatic carbocycles. The smallest absolute Gasteiger partial charge is 0.267 e. The van der Waals surface area contributed by atoms with Gasteiger partial charge in [0.25, 0.3) is 5.91 Å². The zero-order chi connectivity index (χ0) is 19.0. The molecule has 0 fully saturated rings. The number of carbonyl (C=O) groups excluding carboxylic acids is 1. The molecule has 0 bridgehead atoms. The molecule has 0 radical (unpaired) electrons. The van der Waals surface area contributed by atoms with Gasteiger partial charge >= 0.3 is 0 Å². The van der Waals surface area contributed by atoms with Crippen LogP contribution in [-0.2, 0) is 0 Å². The molecular weight excluding hydrogens is 317 g/mol. The Morgan fingerprint density at radius 1 is 1.00 bits per heavy atom. The number of aromatic nitrogens is 2. The number of pyridine rings is 2. The molecule has 0 aliphatic rings. The third kappa shape index (κ3) is 4.59. The molecule has 5 heteroatoms. The molecule has 2 aromatic heterocycles. The Morgan fingerprint density at radius 2 is 1.68 bits per heavy atom. The Balaban J connectivity index is 0.000000730. The first-order valence-electron chi connectivity index (χ1n) is 8.37. The van der Waals surface area contributed by atoms with Crippen molar-refractivity contribution in [2.75, 3.05) is 0 Å². The van der Waals surface area contributed by atoms with Gasteiger partial charge in [-0.2, -0.15) is 0 Å². The van der Waals surface area contributed by atoms with Crippen LogP contribution in [0, 0.1) is 12.7 Å². The van der Waals surface area contributed by atoms with Crippen LogP contribution in [0.1, 0.15) is 43.7 Å². The van der Waals surface area contributed by atoms with Crippen LogP contribution in [0.3, 0.4) is 0 Å². The molecule has 0 unspecified atom stereocenters. The second kappa shape index (κ2) is 9.47. The number of hydrogen-bond acceptors (Lipinski definition) is 3. The van der Waals surface area contributed by atoms with Gasteiger partial charge in [0, 0.05) is 23.3 Å². The maximum absolute atomic E-state index is 13.5. The normalized spacial score (nSPS) is 9.52. The molecule has 3 rings (SSSR count). The second-order valence-electron chi connectivity index (χ2n) is 4.76. The van der Waals surface area contributed by atoms with Gasteiger partial charge in [-0.1, -0.05) is 33.8 Å². The van der Waals surface area contributed by atoms with Gasteiger partial charge in [-0.3, -0.25) is 14.8 Å². The van der Waals surface area contributed by atoms with Crippen LogP contribution in [0.4, 0.5) is 4.39 Å². The zero-order valence-corrected chi connectivity index (χ0v) is 15.3. The van der Waals surface area contributed by atoms with E-state index in [0.717, 1.165) is 16.3 Å². The summed E-state index contributed by atoms with van der Waals surface area (Å²) in [5, 5.41) is 1.68. The van der Waals surface area contributed by atoms with E-state index in [1.807, 2.05) is 33.8 Å². The van der Waals surface area contributed by atoms with Crippen molar-refractivity contribution < 1.29 is 9.18 Å². The van der Waals surface area contributed by atoms with Crippen molar-refractivity contribution in [1.82, 2.24) is 9.97 Å². The summed E-state index contributed by atoms with van der Waals surface area (Å²) in [6, 6.07) is 8.31. The lowest BCUT2D eigenvalue weighted by Gasteiger charge is -2.06. The van der Waals surface area contributed by atoms with Gasteiger partial charge in [-0.25, -0.2) is 4.39 Å². The summed E-state index contributed by atoms with van der Waals surface area (Å²) in [6.45, 7) is 9.72. The predicted molar refractivity (Wildman–Crippen MR) is 101 cm³/mol. The lowest BCUT2D eigenvalue weighted by Crippen LogP contribution is -2.12. The molecule has 1 amide bonds. The molecule has 2 N–H and O–H groups in total. The van der Waals surface area contributed by atoms with Crippen molar-refractivity contribution >= 4 is 16.7 Å². The number of nitrogens with two attached hydrogens (primary N) is 1. The van der Waals surface area contributed by atoms with Crippen molar-refractivity contribution in [3.63, 3.8) is 0 Å². The number of hydrogen-bond donors (Lipinski definition) is 1. The van der Waals surface area contributed by atoms with Gasteiger partial charge < -0.3 is 5.73 Å². The largest absolute Gasteiger partial charge is 0.364 e. The topological polar surface area (TPSA) is 68.9 Å². The highest BCUT2D eigenvalue weighted by Gasteiger charge is 2.07. The van der Waals surface area contributed by atoms with E-state index in [4.69, 9.17) is 5.73 Å². The minimum Gasteiger partial charge on any atom is -0.364 e. The highest BCUT2D eigenvalue weighted by atomic mass is 19.1. The van der Waals surface area contributed by atoms with Crippen molar-refractivity contribution in [3.8, 4) is 11.3 Å². The number of aryl methyl sites for hydroxylation is 1. The number of benzene rings is 1. The van der Waals surface area contributed by atoms with Gasteiger partial charge in [0.2, 0.25) is 0 Å². The number of rotatable bonds is 2. The standard InChI is InChI=1S/C16H12FN3O.2C2H6/c1-9-12-8-20-15(6-10(12)2-4-13(9)17)11-3-5-14(16(18)21)19-7-11;2*1-2/h2-8H,1H3,(H2,18,21);2*1-2H3. The first-order valence-corrected chi connectivity index (χ1v) is 8.37. The van der Waals surface area contributed by atoms with Crippen LogP contribution < -0.4 is 5.73 Å². The Kier molecular flexibility index (Phi) is 7.66. The van der Waals surface area contributed by atoms with E-state index < -0.39 is 5.91 Å². The molecule has 0 atom stereocenters. The molecule has 0 saturated heterocycles. The highest BCUT2D eigenvalue weighted by Crippen LogP contribution is 2.25. The van der Waals surface area contributed by atoms with E-state index in [2.05, 4.69) is 9.97 Å². The summed E-state index contributed by atoms with van der Waals surface area (Å²) in [4.78, 5) is 19.3. The fraction of sp³-hybridized carbons (Fsp3) is 0.250. The first-order chi connectivity index (χ1) is 12.1. The minimum atomic E-state index is -0.570. The summed E-state index contributed by atoms with van der Waals surface area (Å²) in [7, 11) is 0. The molecule has 0 aliphatic heterocycles. The van der Waals surface area contributed by atoms with Gasteiger partial charge in [-0.05, 0) is 42.1 Å². The van der Waals surface area contributed by atoms with Crippen LogP contribution in [0.2, 0.25) is 0 Å². The molecule has 0 saturated carbocycles. The first kappa shape index (κ1) is 20.2. The lowest BCUT2D eigenvalue weighted by atomic mass is 10.0. The summed E-state index contributed by atoms with van der Waals surface area (Å²) in [6.07, 6.45) is 3.19. The zero-order valence-electron chi connectivity index (χ0n) is 15.3. The molecule has 0 aliphatic carbocycles. The minimum absolute atomic E-state index is 0.206. The number of fused-ring (bicyclic) bond motifs is 1. The molecular formula is C20H24FN3O. The Labute approximate surface area is 147 Å². The maximum Gasteiger partial charge on any atom is 0.267 e. The fourth-order valence-corrected chi connectivity index (χ4v) is 2.19. The fourth-order valence-electron chi connectivity index (χ4n) is 2.19. The van der Waals surface area contributed by atoms with Crippen LogP contribution in [0.5, 0.6) is 0 Å². The average Bonchev–Trinajstić information content (AvgIpc) is 2.68. The Morgan fingerprint density at radius 3 is 2.24 bits per heavy atom. The van der Waals surface area contributed by atoms with Crippen LogP contribution >= 0.6 is 0 Å². The number of halogens is 1. The van der Waals surface area contributed by atoms with Crippen molar-refractivity contribution in [1.29, 1.82) is 0 Å². The van der Waals surface area contributed by atoms with Crippen LogP contribution in [0.15, 0.2) is 42.7 Å². The molecule has 2 heterocycles. The third-order valence-corrected chi connectivity index (χ3v) is 3.42. The molecule has 3 aromatic rings. The van der Waals surface area contributed by atoms with Crippen LogP contribution in [-0.4, -0.2) is 15.9 Å². The number of nitrogens with zero attached hydrogens (tertiary/aromatic N) is 2. The van der Waals surface area contributed by atoms with E-state index >= 15 is 0 Å². The van der Waals surface area contributed by atoms with Crippen molar-refractivity contribution in [2.24, 2.45) is 5.73 Å². The summed E-state index contributed by atoms with van der Waals surface area (Å²) >= 11 is 0. The summed E-state index contributed by atoms with van der Waals surface area (Å²) in [5.74, 6) is -0.816. The van der Waals surface area contributed by atoms with E-state index in [9.17, 15) is 9.18 Å². The number of carbonyl (C=O) groups is 1. The molecule has 25 heavy (non-hydrogen) atoms. The van der Waals surface area contributed by atoms with Gasteiger partial charge in [0.15, 0.2) is 0 Å². The number of amides is 1. The molecule has 4 nitrogen and oxygen atoms in total. The van der Waals surface area contributed by atoms with Crippen LogP contribution in [0.25, 0.3) is 22.0 Å². The molecule has 0 spiro atoms. The Hall–Kier alpha value is -2.82. The maximum atomic E-state index is 13.5. The summed E-state index contributed by atoms with van der Waals surface area (Å²) < 4.78 is 13.5. The highest BCUT2D eigenvalue weighted by molar-refractivity contribution is 5.91. The Bertz CT molecular complexity index is 845. The predicted octanol–water partition coefficient (Wildman–Crippen LogP) is 4.90. The van der Waals surface area contributed by atoms with E-state index in [1.54, 1.807) is 37.5 Å². The van der Waals surface area contributed by atoms with Gasteiger partial charge in [0.05, 0.1) is 5.69 Å². The van der Waals surface area contributed by atoms with E-state index in [0.29, 0.717) is 11.3 Å². The summed E-state index contributed by atoms with van der Waals surface area (Å²) in [5.41, 5.74) is 7.41. The number of primary amides is 1. The third-order valence-electron chi connectivity index (χ3n) is 3.42. The quantitative estimate of drug-likeness (QED) is 0.721. The van der Waals surface area contributed by atoms with Crippen molar-refractivity contribution in [3.05, 3.63) is 59.8 Å². The van der Waals surface area contributed by atoms with Gasteiger partial charge in [0.1, 0.15) is 11.5 Å². The SMILES string of the molecule is CC.CC.Cc1c(F)ccc2cc(-c3ccc(C(N)=O)nc3)ncc12. The van der Waals surface area contributed by atoms with E-state index in [-0.39, 0.29) is 11.5 Å². The average molecular weight is 341 g/mol. The second-order valence-corrected chi connectivity index (χ2v) is 4.76. The van der Waals surface area contributed by atoms with E-state index in [1.165, 1.54) is 6.07 Å². The monoisotopic (exact) mass is 341 g/mol.